The summed E-state index contributed by atoms with van der Waals surface area (Å²) in [4.78, 5) is 0. The Morgan fingerprint density at radius 3 is 3.00 bits per heavy atom. The van der Waals surface area contributed by atoms with Gasteiger partial charge in [0.05, 0.1) is 0 Å². The molecule has 0 atom stereocenters. The fourth-order valence-corrected chi connectivity index (χ4v) is 1.51. The van der Waals surface area contributed by atoms with Crippen molar-refractivity contribution in [1.29, 1.82) is 0 Å². The summed E-state index contributed by atoms with van der Waals surface area (Å²) in [6.45, 7) is 1.46. The van der Waals surface area contributed by atoms with Crippen molar-refractivity contribution >= 4 is 0 Å². The van der Waals surface area contributed by atoms with Crippen molar-refractivity contribution in [3.63, 3.8) is 0 Å². The van der Waals surface area contributed by atoms with Crippen LogP contribution in [0.15, 0.2) is 12.1 Å². The van der Waals surface area contributed by atoms with Gasteiger partial charge in [0.2, 0.25) is 0 Å². The lowest BCUT2D eigenvalue weighted by atomic mass is 10.1. The molecule has 0 fully saturated rings. The zero-order valence-corrected chi connectivity index (χ0v) is 5.39. The maximum atomic E-state index is 5.38. The van der Waals surface area contributed by atoms with Crippen LogP contribution in [0.4, 0.5) is 0 Å². The molecule has 4 bridgehead atoms. The first-order valence-electron chi connectivity index (χ1n) is 3.35. The molecule has 0 N–H and O–H groups in total. The Morgan fingerprint density at radius 1 is 1.10 bits per heavy atom. The molecule has 2 heterocycles. The summed E-state index contributed by atoms with van der Waals surface area (Å²) in [6, 6.07) is 4.06. The first kappa shape index (κ1) is 4.61. The second kappa shape index (κ2) is 1.29. The fourth-order valence-electron chi connectivity index (χ4n) is 1.51. The Balaban J connectivity index is 2.45. The third-order valence-electron chi connectivity index (χ3n) is 2.07. The molecule has 1 aromatic carbocycles. The van der Waals surface area contributed by atoms with Crippen LogP contribution in [0.25, 0.3) is 0 Å². The molecular formula is C8H6O2. The van der Waals surface area contributed by atoms with Gasteiger partial charge in [-0.2, -0.15) is 0 Å². The molecule has 0 unspecified atom stereocenters. The Morgan fingerprint density at radius 2 is 2.10 bits per heavy atom. The van der Waals surface area contributed by atoms with Crippen LogP contribution in [0.1, 0.15) is 11.1 Å². The van der Waals surface area contributed by atoms with Gasteiger partial charge in [-0.1, -0.05) is 6.07 Å². The summed E-state index contributed by atoms with van der Waals surface area (Å²) >= 11 is 0. The average Bonchev–Trinajstić information content (AvgIpc) is 2.36. The lowest BCUT2D eigenvalue weighted by Gasteiger charge is -1.95. The van der Waals surface area contributed by atoms with E-state index in [1.807, 2.05) is 6.07 Å². The summed E-state index contributed by atoms with van der Waals surface area (Å²) in [5.74, 6) is 1.90. The average molecular weight is 134 g/mol. The van der Waals surface area contributed by atoms with Gasteiger partial charge in [0.15, 0.2) is 11.5 Å². The molecule has 0 spiro atoms. The highest BCUT2D eigenvalue weighted by atomic mass is 16.5. The summed E-state index contributed by atoms with van der Waals surface area (Å²) in [5.41, 5.74) is 2.55. The molecule has 10 heavy (non-hydrogen) atoms. The minimum absolute atomic E-state index is 0.715. The normalized spacial score (nSPS) is 16.8. The van der Waals surface area contributed by atoms with Crippen LogP contribution in [-0.2, 0) is 13.2 Å². The van der Waals surface area contributed by atoms with Crippen LogP contribution >= 0.6 is 0 Å². The smallest absolute Gasteiger partial charge is 0.168 e. The van der Waals surface area contributed by atoms with Crippen LogP contribution in [0.3, 0.4) is 0 Å². The van der Waals surface area contributed by atoms with Gasteiger partial charge < -0.3 is 9.47 Å². The van der Waals surface area contributed by atoms with Gasteiger partial charge in [-0.15, -0.1) is 0 Å². The molecule has 1 aromatic rings. The molecule has 0 amide bonds. The molecule has 0 radical (unpaired) electrons. The summed E-state index contributed by atoms with van der Waals surface area (Å²) < 4.78 is 10.7. The fraction of sp³-hybridized carbons (Fsp3) is 0.250. The Labute approximate surface area is 58.4 Å². The third-order valence-corrected chi connectivity index (χ3v) is 2.07. The predicted molar refractivity (Wildman–Crippen MR) is 35.1 cm³/mol. The van der Waals surface area contributed by atoms with Crippen molar-refractivity contribution in [2.75, 3.05) is 0 Å². The molecule has 2 aliphatic heterocycles. The number of benzene rings is 1. The highest BCUT2D eigenvalue weighted by Crippen LogP contribution is 2.44. The Kier molecular flexibility index (Phi) is 0.592. The minimum atomic E-state index is 0.715. The zero-order chi connectivity index (χ0) is 6.55. The van der Waals surface area contributed by atoms with Crippen molar-refractivity contribution in [3.8, 4) is 11.5 Å². The van der Waals surface area contributed by atoms with Gasteiger partial charge >= 0.3 is 0 Å². The highest BCUT2D eigenvalue weighted by molar-refractivity contribution is 5.56. The quantitative estimate of drug-likeness (QED) is 0.535. The molecule has 50 valence electrons. The van der Waals surface area contributed by atoms with E-state index >= 15 is 0 Å². The van der Waals surface area contributed by atoms with Crippen LogP contribution in [0.2, 0.25) is 0 Å². The van der Waals surface area contributed by atoms with Gasteiger partial charge in [-0.3, -0.25) is 0 Å². The third kappa shape index (κ3) is 0.347. The van der Waals surface area contributed by atoms with Crippen molar-refractivity contribution in [3.05, 3.63) is 23.3 Å². The lowest BCUT2D eigenvalue weighted by molar-refractivity contribution is 0.291. The Hall–Kier alpha value is -1.18. The SMILES string of the molecule is c1cc2c3c(c1CO3)CO2. The standard InChI is InChI=1S/C8H6O2/c1-2-7-8-6(4-9-7)5(1)3-10-8/h1-2H,3-4H2. The van der Waals surface area contributed by atoms with Crippen LogP contribution in [0, 0.1) is 0 Å². The molecule has 0 aromatic heterocycles. The van der Waals surface area contributed by atoms with Gasteiger partial charge in [0, 0.05) is 5.56 Å². The van der Waals surface area contributed by atoms with Crippen molar-refractivity contribution in [2.45, 2.75) is 13.2 Å². The number of rotatable bonds is 0. The van der Waals surface area contributed by atoms with Crippen LogP contribution in [0.5, 0.6) is 11.5 Å². The maximum absolute atomic E-state index is 5.38. The van der Waals surface area contributed by atoms with Gasteiger partial charge in [0.25, 0.3) is 0 Å². The summed E-state index contributed by atoms with van der Waals surface area (Å²) in [6.07, 6.45) is 0. The second-order valence-corrected chi connectivity index (χ2v) is 2.61. The first-order valence-corrected chi connectivity index (χ1v) is 3.35. The van der Waals surface area contributed by atoms with E-state index in [1.165, 1.54) is 11.1 Å². The zero-order valence-electron chi connectivity index (χ0n) is 5.39. The van der Waals surface area contributed by atoms with E-state index in [0.29, 0.717) is 6.61 Å². The molecule has 2 nitrogen and oxygen atoms in total. The van der Waals surface area contributed by atoms with Crippen molar-refractivity contribution in [1.82, 2.24) is 0 Å². The van der Waals surface area contributed by atoms with E-state index in [0.717, 1.165) is 18.1 Å². The monoisotopic (exact) mass is 134 g/mol. The molecule has 0 saturated heterocycles. The Bertz CT molecular complexity index is 273. The van der Waals surface area contributed by atoms with E-state index in [9.17, 15) is 0 Å². The number of hydrogen-bond acceptors (Lipinski definition) is 2. The number of ether oxygens (including phenoxy) is 2. The van der Waals surface area contributed by atoms with E-state index in [-0.39, 0.29) is 0 Å². The van der Waals surface area contributed by atoms with E-state index in [1.54, 1.807) is 0 Å². The maximum Gasteiger partial charge on any atom is 0.168 e. The van der Waals surface area contributed by atoms with E-state index in [4.69, 9.17) is 9.47 Å². The topological polar surface area (TPSA) is 18.5 Å². The van der Waals surface area contributed by atoms with E-state index < -0.39 is 0 Å². The molecule has 3 rings (SSSR count). The van der Waals surface area contributed by atoms with Crippen LogP contribution < -0.4 is 9.47 Å². The molecule has 0 aliphatic carbocycles. The van der Waals surface area contributed by atoms with Crippen LogP contribution in [-0.4, -0.2) is 0 Å². The highest BCUT2D eigenvalue weighted by Gasteiger charge is 2.27. The first-order chi connectivity index (χ1) is 4.95. The van der Waals surface area contributed by atoms with Gasteiger partial charge in [-0.05, 0) is 11.6 Å². The second-order valence-electron chi connectivity index (χ2n) is 2.61. The molecular weight excluding hydrogens is 128 g/mol. The van der Waals surface area contributed by atoms with Crippen molar-refractivity contribution < 1.29 is 9.47 Å². The summed E-state index contributed by atoms with van der Waals surface area (Å²) in [5, 5.41) is 0. The molecule has 2 heteroatoms. The lowest BCUT2D eigenvalue weighted by Crippen LogP contribution is -1.88. The largest absolute Gasteiger partial charge is 0.485 e. The number of hydrogen-bond donors (Lipinski definition) is 0. The molecule has 2 aliphatic rings. The van der Waals surface area contributed by atoms with Gasteiger partial charge in [-0.25, -0.2) is 0 Å². The minimum Gasteiger partial charge on any atom is -0.485 e. The van der Waals surface area contributed by atoms with Gasteiger partial charge in [0.1, 0.15) is 13.2 Å². The molecule has 0 saturated carbocycles. The summed E-state index contributed by atoms with van der Waals surface area (Å²) in [7, 11) is 0. The van der Waals surface area contributed by atoms with E-state index in [2.05, 4.69) is 6.07 Å². The van der Waals surface area contributed by atoms with Crippen molar-refractivity contribution in [2.24, 2.45) is 0 Å². The predicted octanol–water partition coefficient (Wildman–Crippen LogP) is 1.47.